The Kier molecular flexibility index (Phi) is 6.90. The van der Waals surface area contributed by atoms with Gasteiger partial charge in [0.15, 0.2) is 0 Å². The number of nitriles is 2. The van der Waals surface area contributed by atoms with Crippen LogP contribution in [-0.2, 0) is 4.79 Å². The first kappa shape index (κ1) is 21.2. The van der Waals surface area contributed by atoms with Gasteiger partial charge < -0.3 is 10.6 Å². The smallest absolute Gasteiger partial charge is 0.221 e. The van der Waals surface area contributed by atoms with Gasteiger partial charge in [0.05, 0.1) is 5.56 Å². The van der Waals surface area contributed by atoms with Crippen LogP contribution in [0.25, 0.3) is 11.1 Å². The van der Waals surface area contributed by atoms with Gasteiger partial charge in [-0.15, -0.1) is 11.8 Å². The molecule has 0 aliphatic heterocycles. The number of thioether (sulfide) groups is 1. The monoisotopic (exact) mass is 415 g/mol. The molecule has 2 aromatic rings. The molecule has 0 saturated carbocycles. The molecule has 1 amide bonds. The Bertz CT molecular complexity index is 1090. The number of nitrogens with one attached hydrogen (secondary N) is 2. The van der Waals surface area contributed by atoms with Gasteiger partial charge in [-0.1, -0.05) is 36.4 Å². The van der Waals surface area contributed by atoms with Crippen molar-refractivity contribution in [3.8, 4) is 23.3 Å². The molecule has 0 bridgehead atoms. The van der Waals surface area contributed by atoms with Crippen molar-refractivity contribution in [2.24, 2.45) is 5.92 Å². The molecule has 1 aromatic carbocycles. The van der Waals surface area contributed by atoms with Crippen molar-refractivity contribution in [1.82, 2.24) is 4.98 Å². The fraction of sp³-hybridized carbons (Fsp3) is 0.217. The second-order valence-corrected chi connectivity index (χ2v) is 7.75. The zero-order valence-electron chi connectivity index (χ0n) is 16.8. The Balaban J connectivity index is 2.04. The van der Waals surface area contributed by atoms with E-state index in [2.05, 4.69) is 39.9 Å². The number of pyridine rings is 1. The van der Waals surface area contributed by atoms with E-state index in [9.17, 15) is 15.3 Å². The summed E-state index contributed by atoms with van der Waals surface area (Å²) in [6.07, 6.45) is 9.31. The van der Waals surface area contributed by atoms with Crippen LogP contribution in [0.2, 0.25) is 0 Å². The maximum absolute atomic E-state index is 11.3. The van der Waals surface area contributed by atoms with Gasteiger partial charge >= 0.3 is 0 Å². The van der Waals surface area contributed by atoms with Crippen LogP contribution >= 0.6 is 11.8 Å². The number of hydrogen-bond acceptors (Lipinski definition) is 6. The van der Waals surface area contributed by atoms with Crippen LogP contribution in [0.5, 0.6) is 0 Å². The number of amides is 1. The number of benzene rings is 1. The molecule has 30 heavy (non-hydrogen) atoms. The summed E-state index contributed by atoms with van der Waals surface area (Å²) in [4.78, 5) is 15.8. The molecule has 3 rings (SSSR count). The van der Waals surface area contributed by atoms with Gasteiger partial charge in [-0.25, -0.2) is 4.98 Å². The summed E-state index contributed by atoms with van der Waals surface area (Å²) in [6, 6.07) is 11.6. The Morgan fingerprint density at radius 3 is 2.50 bits per heavy atom. The minimum Gasteiger partial charge on any atom is -0.372 e. The Morgan fingerprint density at radius 2 is 1.93 bits per heavy atom. The van der Waals surface area contributed by atoms with Crippen LogP contribution in [-0.4, -0.2) is 23.7 Å². The molecule has 1 atom stereocenters. The van der Waals surface area contributed by atoms with Crippen molar-refractivity contribution < 1.29 is 4.79 Å². The molecular formula is C23H21N5OS. The average Bonchev–Trinajstić information content (AvgIpc) is 2.77. The molecule has 0 spiro atoms. The third-order valence-electron chi connectivity index (χ3n) is 4.62. The van der Waals surface area contributed by atoms with E-state index in [1.807, 2.05) is 12.2 Å². The first-order valence-corrected chi connectivity index (χ1v) is 10.5. The number of carbonyl (C=O) groups is 1. The Hall–Kier alpha value is -3.55. The largest absolute Gasteiger partial charge is 0.372 e. The quantitative estimate of drug-likeness (QED) is 0.662. The lowest BCUT2D eigenvalue weighted by molar-refractivity contribution is -0.114. The van der Waals surface area contributed by atoms with Crippen LogP contribution in [0.4, 0.5) is 11.5 Å². The molecule has 7 heteroatoms. The second-order valence-electron chi connectivity index (χ2n) is 6.74. The van der Waals surface area contributed by atoms with Gasteiger partial charge in [0, 0.05) is 31.0 Å². The van der Waals surface area contributed by atoms with Crippen molar-refractivity contribution >= 4 is 29.2 Å². The molecule has 1 aromatic heterocycles. The highest BCUT2D eigenvalue weighted by atomic mass is 32.2. The molecule has 1 heterocycles. The maximum atomic E-state index is 11.3. The lowest BCUT2D eigenvalue weighted by Gasteiger charge is -2.17. The van der Waals surface area contributed by atoms with Gasteiger partial charge in [-0.05, 0) is 30.0 Å². The number of anilines is 2. The summed E-state index contributed by atoms with van der Waals surface area (Å²) >= 11 is 1.52. The third-order valence-corrected chi connectivity index (χ3v) is 5.79. The first-order chi connectivity index (χ1) is 14.6. The van der Waals surface area contributed by atoms with Crippen LogP contribution < -0.4 is 10.6 Å². The molecule has 1 aliphatic rings. The minimum absolute atomic E-state index is 0.162. The molecule has 1 unspecified atom stereocenters. The number of allylic oxidation sites excluding steroid dienone is 4. The van der Waals surface area contributed by atoms with Crippen LogP contribution in [0.1, 0.15) is 24.5 Å². The highest BCUT2D eigenvalue weighted by Gasteiger charge is 2.22. The highest BCUT2D eigenvalue weighted by molar-refractivity contribution is 7.99. The lowest BCUT2D eigenvalue weighted by Crippen LogP contribution is -2.07. The molecule has 150 valence electrons. The van der Waals surface area contributed by atoms with Gasteiger partial charge in [-0.2, -0.15) is 10.5 Å². The Labute approximate surface area is 180 Å². The van der Waals surface area contributed by atoms with E-state index in [1.54, 1.807) is 31.3 Å². The zero-order valence-corrected chi connectivity index (χ0v) is 17.6. The summed E-state index contributed by atoms with van der Waals surface area (Å²) in [5.41, 5.74) is 2.64. The van der Waals surface area contributed by atoms with E-state index in [0.29, 0.717) is 39.1 Å². The SMILES string of the molecule is CNc1nc(SCC2C=CC=CC2)c(C#N)c(-c2ccc(NC(C)=O)cc2)c1C#N. The van der Waals surface area contributed by atoms with E-state index < -0.39 is 0 Å². The fourth-order valence-electron chi connectivity index (χ4n) is 3.22. The average molecular weight is 416 g/mol. The molecule has 0 fully saturated rings. The Morgan fingerprint density at radius 1 is 1.20 bits per heavy atom. The van der Waals surface area contributed by atoms with E-state index >= 15 is 0 Å². The lowest BCUT2D eigenvalue weighted by atomic mass is 9.96. The molecule has 0 radical (unpaired) electrons. The van der Waals surface area contributed by atoms with E-state index in [0.717, 1.165) is 17.7 Å². The van der Waals surface area contributed by atoms with Gasteiger partial charge in [0.1, 0.15) is 28.5 Å². The third kappa shape index (κ3) is 4.71. The summed E-state index contributed by atoms with van der Waals surface area (Å²) in [5.74, 6) is 1.45. The van der Waals surface area contributed by atoms with E-state index in [1.165, 1.54) is 18.7 Å². The summed E-state index contributed by atoms with van der Waals surface area (Å²) < 4.78 is 0. The number of carbonyl (C=O) groups excluding carboxylic acids is 1. The van der Waals surface area contributed by atoms with Gasteiger partial charge in [0.25, 0.3) is 0 Å². The van der Waals surface area contributed by atoms with Gasteiger partial charge in [-0.3, -0.25) is 4.79 Å². The molecular weight excluding hydrogens is 394 g/mol. The van der Waals surface area contributed by atoms with Crippen molar-refractivity contribution in [1.29, 1.82) is 10.5 Å². The topological polar surface area (TPSA) is 102 Å². The number of rotatable bonds is 6. The van der Waals surface area contributed by atoms with Crippen LogP contribution in [0, 0.1) is 28.6 Å². The van der Waals surface area contributed by atoms with E-state index in [-0.39, 0.29) is 5.91 Å². The van der Waals surface area contributed by atoms with Crippen molar-refractivity contribution in [2.45, 2.75) is 18.4 Å². The number of nitrogens with zero attached hydrogens (tertiary/aromatic N) is 3. The van der Waals surface area contributed by atoms with Crippen molar-refractivity contribution in [3.63, 3.8) is 0 Å². The predicted octanol–water partition coefficient (Wildman–Crippen LogP) is 4.72. The molecule has 6 nitrogen and oxygen atoms in total. The van der Waals surface area contributed by atoms with Crippen LogP contribution in [0.3, 0.4) is 0 Å². The van der Waals surface area contributed by atoms with E-state index in [4.69, 9.17) is 0 Å². The molecule has 2 N–H and O–H groups in total. The normalized spacial score (nSPS) is 14.6. The summed E-state index contributed by atoms with van der Waals surface area (Å²) in [5, 5.41) is 26.0. The van der Waals surface area contributed by atoms with Crippen molar-refractivity contribution in [3.05, 3.63) is 59.7 Å². The predicted molar refractivity (Wildman–Crippen MR) is 120 cm³/mol. The highest BCUT2D eigenvalue weighted by Crippen LogP contribution is 2.37. The summed E-state index contributed by atoms with van der Waals surface area (Å²) in [6.45, 7) is 1.44. The van der Waals surface area contributed by atoms with Crippen LogP contribution in [0.15, 0.2) is 53.6 Å². The molecule has 1 aliphatic carbocycles. The molecule has 0 saturated heterocycles. The fourth-order valence-corrected chi connectivity index (χ4v) is 4.28. The van der Waals surface area contributed by atoms with Crippen molar-refractivity contribution in [2.75, 3.05) is 23.4 Å². The standard InChI is InChI=1S/C23H21N5OS/c1-15(29)27-18-10-8-17(9-11-18)21-19(12-24)22(26-2)28-23(20(21)13-25)30-14-16-6-4-3-5-7-16/h3-6,8-11,16H,7,14H2,1-2H3,(H,26,28)(H,27,29). The maximum Gasteiger partial charge on any atom is 0.221 e. The summed E-state index contributed by atoms with van der Waals surface area (Å²) in [7, 11) is 1.71. The second kappa shape index (κ2) is 9.78. The zero-order chi connectivity index (χ0) is 21.5. The number of hydrogen-bond donors (Lipinski definition) is 2. The minimum atomic E-state index is -0.162. The van der Waals surface area contributed by atoms with Gasteiger partial charge in [0.2, 0.25) is 5.91 Å². The first-order valence-electron chi connectivity index (χ1n) is 9.47. The number of aromatic nitrogens is 1.